The van der Waals surface area contributed by atoms with E-state index >= 15 is 0 Å². The first-order chi connectivity index (χ1) is 18.3. The molecule has 6 atom stereocenters. The van der Waals surface area contributed by atoms with Crippen LogP contribution >= 0.6 is 0 Å². The number of rotatable bonds is 3. The van der Waals surface area contributed by atoms with Crippen molar-refractivity contribution in [1.29, 1.82) is 0 Å². The number of ketones is 2. The maximum atomic E-state index is 13.2. The Morgan fingerprint density at radius 2 is 1.79 bits per heavy atom. The number of allylic oxidation sites excluding steroid dienone is 4. The molecule has 1 heterocycles. The maximum Gasteiger partial charge on any atom is 0.405 e. The van der Waals surface area contributed by atoms with Crippen LogP contribution in [-0.2, 0) is 28.6 Å². The van der Waals surface area contributed by atoms with Gasteiger partial charge in [-0.05, 0) is 38.2 Å². The van der Waals surface area contributed by atoms with Gasteiger partial charge in [0.15, 0.2) is 11.9 Å². The zero-order valence-corrected chi connectivity index (χ0v) is 23.1. The highest BCUT2D eigenvalue weighted by Gasteiger charge is 2.33. The number of Topliss-reactive ketones (excluding diaryl/α,β-unsaturated/α-hetero) is 1. The summed E-state index contributed by atoms with van der Waals surface area (Å²) in [5.74, 6) is -2.80. The summed E-state index contributed by atoms with van der Waals surface area (Å²) in [4.78, 5) is 50.3. The molecule has 11 nitrogen and oxygen atoms in total. The predicted octanol–water partition coefficient (Wildman–Crippen LogP) is 1.75. The van der Waals surface area contributed by atoms with Crippen LogP contribution in [0.3, 0.4) is 0 Å². The van der Waals surface area contributed by atoms with E-state index in [-0.39, 0.29) is 41.4 Å². The largest absolute Gasteiger partial charge is 0.492 e. The molecule has 0 spiro atoms. The quantitative estimate of drug-likeness (QED) is 0.304. The van der Waals surface area contributed by atoms with Crippen molar-refractivity contribution in [3.05, 3.63) is 58.6 Å². The number of aliphatic hydroxyl groups is 2. The summed E-state index contributed by atoms with van der Waals surface area (Å²) in [6.07, 6.45) is 2.19. The molecule has 0 aromatic rings. The lowest BCUT2D eigenvalue weighted by molar-refractivity contribution is -0.120. The Morgan fingerprint density at radius 1 is 1.13 bits per heavy atom. The molecule has 1 aliphatic heterocycles. The molecular formula is C28H38N2O9. The molecule has 39 heavy (non-hydrogen) atoms. The number of hydrogen-bond donors (Lipinski definition) is 4. The van der Waals surface area contributed by atoms with Crippen LogP contribution in [0, 0.1) is 11.8 Å². The van der Waals surface area contributed by atoms with E-state index in [2.05, 4.69) is 5.32 Å². The Hall–Kier alpha value is -3.54. The summed E-state index contributed by atoms with van der Waals surface area (Å²) in [5.41, 5.74) is 5.90. The van der Waals surface area contributed by atoms with Gasteiger partial charge < -0.3 is 35.5 Å². The first-order valence-corrected chi connectivity index (χ1v) is 12.6. The molecular weight excluding hydrogens is 508 g/mol. The normalized spacial score (nSPS) is 33.2. The van der Waals surface area contributed by atoms with E-state index in [0.29, 0.717) is 5.57 Å². The van der Waals surface area contributed by atoms with Gasteiger partial charge in [0.05, 0.1) is 25.0 Å². The lowest BCUT2D eigenvalue weighted by Gasteiger charge is -2.28. The number of fused-ring (bicyclic) bond motifs is 2. The van der Waals surface area contributed by atoms with Crippen LogP contribution in [-0.4, -0.2) is 72.4 Å². The van der Waals surface area contributed by atoms with Gasteiger partial charge in [-0.15, -0.1) is 0 Å². The number of nitrogens with one attached hydrogen (secondary N) is 1. The van der Waals surface area contributed by atoms with E-state index in [1.165, 1.54) is 33.3 Å². The Bertz CT molecular complexity index is 1130. The third kappa shape index (κ3) is 8.22. The monoisotopic (exact) mass is 546 g/mol. The van der Waals surface area contributed by atoms with Crippen LogP contribution in [0.5, 0.6) is 0 Å². The van der Waals surface area contributed by atoms with E-state index in [9.17, 15) is 29.4 Å². The second kappa shape index (κ2) is 14.0. The highest BCUT2D eigenvalue weighted by Crippen LogP contribution is 2.28. The Kier molecular flexibility index (Phi) is 11.4. The Morgan fingerprint density at radius 3 is 2.38 bits per heavy atom. The standard InChI is InChI=1S/C28H38N2O9/c1-14-10-18-24(34)19(13-21(32)26(18)38-6)30-27(35)15(2)8-7-9-22(37-5)25(39-28(29)36)17(4)12-16(3)23(33)20(31)11-14/h7-9,12-14,16,20,22-23,25,31,33H,10-11H2,1-6H3,(H2,29,36)(H,30,35)/b9-7-,15-8+,17-12+/t14-,16+,20?,22+,23-,25+/m1/s1. The second-order valence-corrected chi connectivity index (χ2v) is 9.88. The van der Waals surface area contributed by atoms with Gasteiger partial charge in [0, 0.05) is 30.2 Å². The van der Waals surface area contributed by atoms with Crippen LogP contribution in [0.2, 0.25) is 0 Å². The van der Waals surface area contributed by atoms with E-state index in [4.69, 9.17) is 19.9 Å². The number of amides is 2. The molecule has 11 heteroatoms. The van der Waals surface area contributed by atoms with Gasteiger partial charge in [0.2, 0.25) is 11.6 Å². The molecule has 2 bridgehead atoms. The van der Waals surface area contributed by atoms with Crippen LogP contribution in [0.1, 0.15) is 40.5 Å². The average molecular weight is 547 g/mol. The molecule has 214 valence electrons. The van der Waals surface area contributed by atoms with Crippen LogP contribution < -0.4 is 11.1 Å². The second-order valence-electron chi connectivity index (χ2n) is 9.88. The van der Waals surface area contributed by atoms with Crippen molar-refractivity contribution < 1.29 is 43.6 Å². The van der Waals surface area contributed by atoms with Gasteiger partial charge in [-0.2, -0.15) is 0 Å². The summed E-state index contributed by atoms with van der Waals surface area (Å²) in [5, 5.41) is 24.1. The van der Waals surface area contributed by atoms with Crippen molar-refractivity contribution in [2.45, 2.75) is 65.0 Å². The summed E-state index contributed by atoms with van der Waals surface area (Å²) in [7, 11) is 2.68. The van der Waals surface area contributed by atoms with Gasteiger partial charge in [0.25, 0.3) is 5.91 Å². The minimum atomic E-state index is -1.20. The molecule has 0 saturated carbocycles. The molecule has 1 unspecified atom stereocenters. The number of ether oxygens (including phenoxy) is 3. The first kappa shape index (κ1) is 31.7. The first-order valence-electron chi connectivity index (χ1n) is 12.6. The van der Waals surface area contributed by atoms with Crippen LogP contribution in [0.25, 0.3) is 0 Å². The van der Waals surface area contributed by atoms with Crippen molar-refractivity contribution in [2.75, 3.05) is 14.2 Å². The SMILES string of the molecule is COC1=C2C[C@@H](C)CC(O)[C@H](O)[C@@H](C)/C=C(\C)[C@H](OC(N)=O)[C@@H](OC)/C=C\C=C(/C)C(=O)NC(=CC1=O)C2=O. The minimum absolute atomic E-state index is 0.0651. The number of hydrogen-bond acceptors (Lipinski definition) is 9. The summed E-state index contributed by atoms with van der Waals surface area (Å²) >= 11 is 0. The predicted molar refractivity (Wildman–Crippen MR) is 142 cm³/mol. The Labute approximate surface area is 228 Å². The number of carbonyl (C=O) groups is 4. The number of carbonyl (C=O) groups excluding carboxylic acids is 4. The summed E-state index contributed by atoms with van der Waals surface area (Å²) in [6.45, 7) is 6.65. The highest BCUT2D eigenvalue weighted by molar-refractivity contribution is 6.23. The van der Waals surface area contributed by atoms with E-state index in [1.54, 1.807) is 32.9 Å². The molecule has 0 aromatic heterocycles. The molecule has 2 rings (SSSR count). The average Bonchev–Trinajstić information content (AvgIpc) is 2.86. The zero-order chi connectivity index (χ0) is 29.4. The molecule has 0 fully saturated rings. The fourth-order valence-corrected chi connectivity index (χ4v) is 4.57. The van der Waals surface area contributed by atoms with Gasteiger partial charge in [-0.25, -0.2) is 4.79 Å². The molecule has 0 aromatic carbocycles. The zero-order valence-electron chi connectivity index (χ0n) is 23.1. The topological polar surface area (TPSA) is 174 Å². The molecule has 0 saturated heterocycles. The Balaban J connectivity index is 2.57. The van der Waals surface area contributed by atoms with E-state index in [0.717, 1.165) is 6.08 Å². The molecule has 1 aliphatic carbocycles. The number of primary amides is 1. The van der Waals surface area contributed by atoms with Gasteiger partial charge in [-0.3, -0.25) is 14.4 Å². The fourth-order valence-electron chi connectivity index (χ4n) is 4.57. The van der Waals surface area contributed by atoms with Crippen molar-refractivity contribution in [1.82, 2.24) is 5.32 Å². The third-order valence-electron chi connectivity index (χ3n) is 6.67. The smallest absolute Gasteiger partial charge is 0.405 e. The fraction of sp³-hybridized carbons (Fsp3) is 0.500. The molecule has 5 N–H and O–H groups in total. The molecule has 0 radical (unpaired) electrons. The summed E-state index contributed by atoms with van der Waals surface area (Å²) in [6, 6.07) is 0. The van der Waals surface area contributed by atoms with Gasteiger partial charge in [-0.1, -0.05) is 38.2 Å². The van der Waals surface area contributed by atoms with Crippen LogP contribution in [0.4, 0.5) is 4.79 Å². The molecule has 2 aliphatic rings. The van der Waals surface area contributed by atoms with Crippen LogP contribution in [0.15, 0.2) is 58.6 Å². The van der Waals surface area contributed by atoms with Crippen molar-refractivity contribution in [2.24, 2.45) is 17.6 Å². The number of methoxy groups -OCH3 is 2. The van der Waals surface area contributed by atoms with E-state index < -0.39 is 53.9 Å². The summed E-state index contributed by atoms with van der Waals surface area (Å²) < 4.78 is 16.0. The minimum Gasteiger partial charge on any atom is -0.492 e. The highest BCUT2D eigenvalue weighted by atomic mass is 16.6. The van der Waals surface area contributed by atoms with E-state index in [1.807, 2.05) is 0 Å². The third-order valence-corrected chi connectivity index (χ3v) is 6.67. The lowest BCUT2D eigenvalue weighted by atomic mass is 9.85. The van der Waals surface area contributed by atoms with Crippen molar-refractivity contribution >= 4 is 23.6 Å². The maximum absolute atomic E-state index is 13.2. The van der Waals surface area contributed by atoms with Gasteiger partial charge in [0.1, 0.15) is 6.10 Å². The van der Waals surface area contributed by atoms with Crippen molar-refractivity contribution in [3.63, 3.8) is 0 Å². The molecule has 2 amide bonds. The lowest BCUT2D eigenvalue weighted by Crippen LogP contribution is -2.36. The van der Waals surface area contributed by atoms with Gasteiger partial charge >= 0.3 is 6.09 Å². The number of aliphatic hydroxyl groups excluding tert-OH is 2. The van der Waals surface area contributed by atoms with Crippen molar-refractivity contribution in [3.8, 4) is 0 Å². The number of nitrogens with two attached hydrogens (primary N) is 1.